The van der Waals surface area contributed by atoms with E-state index < -0.39 is 0 Å². The highest BCUT2D eigenvalue weighted by Crippen LogP contribution is 2.11. The van der Waals surface area contributed by atoms with Crippen LogP contribution in [0.4, 0.5) is 0 Å². The Morgan fingerprint density at radius 1 is 0.444 bits per heavy atom. The monoisotopic (exact) mass is 234 g/mol. The smallest absolute Gasteiger partial charge is 0.00843 e. The van der Waals surface area contributed by atoms with Crippen LogP contribution in [0.2, 0.25) is 0 Å². The summed E-state index contributed by atoms with van der Waals surface area (Å²) in [5.41, 5.74) is 0. The van der Waals surface area contributed by atoms with Gasteiger partial charge in [0.15, 0.2) is 0 Å². The fourth-order valence-corrected chi connectivity index (χ4v) is 1.99. The van der Waals surface area contributed by atoms with E-state index in [-0.39, 0.29) is 0 Å². The molecule has 0 atom stereocenters. The molecule has 0 aliphatic rings. The van der Waals surface area contributed by atoms with Crippen LogP contribution >= 0.6 is 0 Å². The lowest BCUT2D eigenvalue weighted by atomic mass is 10.2. The highest BCUT2D eigenvalue weighted by Gasteiger charge is 1.87. The average molecular weight is 234 g/mol. The van der Waals surface area contributed by atoms with Crippen LogP contribution in [0, 0.1) is 0 Å². The Bertz CT molecular complexity index is 623. The molecule has 88 valence electrons. The van der Waals surface area contributed by atoms with Crippen molar-refractivity contribution in [1.29, 1.82) is 0 Å². The molecule has 2 aromatic carbocycles. The number of benzene rings is 2. The molecule has 4 aromatic rings. The van der Waals surface area contributed by atoms with E-state index in [9.17, 15) is 0 Å². The van der Waals surface area contributed by atoms with Crippen molar-refractivity contribution in [3.63, 3.8) is 0 Å². The first-order valence-corrected chi connectivity index (χ1v) is 5.96. The zero-order chi connectivity index (χ0) is 12.2. The van der Waals surface area contributed by atoms with Crippen molar-refractivity contribution in [1.82, 2.24) is 9.97 Å². The highest BCUT2D eigenvalue weighted by molar-refractivity contribution is 5.82. The van der Waals surface area contributed by atoms with Crippen LogP contribution in [0.5, 0.6) is 0 Å². The summed E-state index contributed by atoms with van der Waals surface area (Å²) in [6, 6.07) is 16.5. The van der Waals surface area contributed by atoms with Gasteiger partial charge in [-0.1, -0.05) is 48.5 Å². The summed E-state index contributed by atoms with van der Waals surface area (Å²) >= 11 is 0. The number of fused-ring (bicyclic) bond motifs is 2. The zero-order valence-corrected chi connectivity index (χ0v) is 9.93. The van der Waals surface area contributed by atoms with E-state index in [1.807, 2.05) is 49.1 Å². The predicted molar refractivity (Wildman–Crippen MR) is 76.6 cm³/mol. The molecule has 0 aliphatic carbocycles. The maximum atomic E-state index is 3.04. The van der Waals surface area contributed by atoms with Gasteiger partial charge in [-0.25, -0.2) is 0 Å². The van der Waals surface area contributed by atoms with E-state index in [4.69, 9.17) is 0 Å². The molecule has 0 unspecified atom stereocenters. The molecule has 0 fully saturated rings. The van der Waals surface area contributed by atoms with Crippen molar-refractivity contribution >= 4 is 21.5 Å². The second-order valence-corrected chi connectivity index (χ2v) is 4.17. The summed E-state index contributed by atoms with van der Waals surface area (Å²) in [5.74, 6) is 0. The second kappa shape index (κ2) is 4.80. The Hall–Kier alpha value is -2.48. The van der Waals surface area contributed by atoms with Crippen LogP contribution in [0.1, 0.15) is 0 Å². The van der Waals surface area contributed by atoms with E-state index in [1.165, 1.54) is 21.5 Å². The molecule has 2 heteroatoms. The fourth-order valence-electron chi connectivity index (χ4n) is 1.99. The van der Waals surface area contributed by atoms with Crippen LogP contribution in [-0.4, -0.2) is 9.97 Å². The third-order valence-corrected chi connectivity index (χ3v) is 2.95. The zero-order valence-electron chi connectivity index (χ0n) is 9.93. The Kier molecular flexibility index (Phi) is 2.84. The van der Waals surface area contributed by atoms with Crippen molar-refractivity contribution < 1.29 is 0 Å². The molecular weight excluding hydrogens is 220 g/mol. The fraction of sp³-hybridized carbons (Fsp3) is 0. The van der Waals surface area contributed by atoms with Crippen LogP contribution in [0.25, 0.3) is 21.5 Å². The van der Waals surface area contributed by atoms with Crippen LogP contribution < -0.4 is 0 Å². The lowest BCUT2D eigenvalue weighted by Gasteiger charge is -1.81. The summed E-state index contributed by atoms with van der Waals surface area (Å²) in [4.78, 5) is 6.08. The number of nitrogens with one attached hydrogen (secondary N) is 2. The molecule has 0 saturated carbocycles. The lowest BCUT2D eigenvalue weighted by Crippen LogP contribution is -1.57. The number of hydrogen-bond acceptors (Lipinski definition) is 0. The standard InChI is InChI=1S/2C8H7N/c2*1-2-4-8-6-9-5-7(8)3-1/h2*1-6,9H. The van der Waals surface area contributed by atoms with Crippen molar-refractivity contribution in [2.45, 2.75) is 0 Å². The molecule has 2 heterocycles. The number of aromatic nitrogens is 2. The lowest BCUT2D eigenvalue weighted by molar-refractivity contribution is 1.43. The Morgan fingerprint density at radius 2 is 0.722 bits per heavy atom. The molecule has 2 nitrogen and oxygen atoms in total. The molecule has 0 bridgehead atoms. The molecule has 0 aliphatic heterocycles. The van der Waals surface area contributed by atoms with E-state index in [1.54, 1.807) is 0 Å². The van der Waals surface area contributed by atoms with Crippen molar-refractivity contribution in [3.05, 3.63) is 73.3 Å². The molecule has 0 spiro atoms. The molecule has 18 heavy (non-hydrogen) atoms. The van der Waals surface area contributed by atoms with Gasteiger partial charge in [0.2, 0.25) is 0 Å². The van der Waals surface area contributed by atoms with Crippen LogP contribution in [0.15, 0.2) is 73.3 Å². The van der Waals surface area contributed by atoms with Gasteiger partial charge in [-0.15, -0.1) is 0 Å². The van der Waals surface area contributed by atoms with Crippen LogP contribution in [-0.2, 0) is 0 Å². The van der Waals surface area contributed by atoms with Gasteiger partial charge < -0.3 is 9.97 Å². The predicted octanol–water partition coefficient (Wildman–Crippen LogP) is 4.34. The van der Waals surface area contributed by atoms with Gasteiger partial charge in [-0.2, -0.15) is 0 Å². The Labute approximate surface area is 105 Å². The second-order valence-electron chi connectivity index (χ2n) is 4.17. The van der Waals surface area contributed by atoms with E-state index >= 15 is 0 Å². The SMILES string of the molecule is c1ccc2c[nH]cc2c1.c1ccc2c[nH]cc2c1. The third-order valence-electron chi connectivity index (χ3n) is 2.95. The minimum absolute atomic E-state index is 1.28. The summed E-state index contributed by atoms with van der Waals surface area (Å²) in [5, 5.41) is 5.10. The summed E-state index contributed by atoms with van der Waals surface area (Å²) in [6.07, 6.45) is 7.98. The van der Waals surface area contributed by atoms with Gasteiger partial charge in [-0.3, -0.25) is 0 Å². The molecule has 0 saturated heterocycles. The Balaban J connectivity index is 0.000000111. The first-order valence-electron chi connectivity index (χ1n) is 5.96. The van der Waals surface area contributed by atoms with Gasteiger partial charge in [0.1, 0.15) is 0 Å². The molecular formula is C16H14N2. The van der Waals surface area contributed by atoms with Gasteiger partial charge in [0.05, 0.1) is 0 Å². The largest absolute Gasteiger partial charge is 0.366 e. The van der Waals surface area contributed by atoms with Crippen molar-refractivity contribution in [2.24, 2.45) is 0 Å². The van der Waals surface area contributed by atoms with Crippen molar-refractivity contribution in [2.75, 3.05) is 0 Å². The van der Waals surface area contributed by atoms with Gasteiger partial charge in [-0.05, 0) is 21.5 Å². The highest BCUT2D eigenvalue weighted by atomic mass is 14.6. The first kappa shape index (κ1) is 10.7. The Morgan fingerprint density at radius 3 is 1.00 bits per heavy atom. The maximum Gasteiger partial charge on any atom is 0.00843 e. The van der Waals surface area contributed by atoms with Gasteiger partial charge in [0.25, 0.3) is 0 Å². The summed E-state index contributed by atoms with van der Waals surface area (Å²) in [6.45, 7) is 0. The minimum atomic E-state index is 1.28. The average Bonchev–Trinajstić information content (AvgIpc) is 3.08. The third kappa shape index (κ3) is 2.13. The number of aromatic amines is 2. The molecule has 0 radical (unpaired) electrons. The quantitative estimate of drug-likeness (QED) is 0.453. The van der Waals surface area contributed by atoms with Gasteiger partial charge >= 0.3 is 0 Å². The summed E-state index contributed by atoms with van der Waals surface area (Å²) < 4.78 is 0. The van der Waals surface area contributed by atoms with E-state index in [0.29, 0.717) is 0 Å². The number of hydrogen-bond donors (Lipinski definition) is 2. The maximum absolute atomic E-state index is 3.04. The molecule has 0 amide bonds. The van der Waals surface area contributed by atoms with Crippen molar-refractivity contribution in [3.8, 4) is 0 Å². The topological polar surface area (TPSA) is 31.6 Å². The van der Waals surface area contributed by atoms with E-state index in [0.717, 1.165) is 0 Å². The number of rotatable bonds is 0. The molecule has 2 aromatic heterocycles. The normalized spacial score (nSPS) is 10.2. The van der Waals surface area contributed by atoms with E-state index in [2.05, 4.69) is 34.2 Å². The van der Waals surface area contributed by atoms with Crippen LogP contribution in [0.3, 0.4) is 0 Å². The number of H-pyrrole nitrogens is 2. The first-order chi connectivity index (χ1) is 8.93. The minimum Gasteiger partial charge on any atom is -0.366 e. The van der Waals surface area contributed by atoms with Gasteiger partial charge in [0, 0.05) is 24.8 Å². The summed E-state index contributed by atoms with van der Waals surface area (Å²) in [7, 11) is 0. The molecule has 2 N–H and O–H groups in total. The molecule has 4 rings (SSSR count).